The summed E-state index contributed by atoms with van der Waals surface area (Å²) in [7, 11) is 0. The molecule has 104 valence electrons. The summed E-state index contributed by atoms with van der Waals surface area (Å²) in [6.07, 6.45) is 0.840. The fourth-order valence-corrected chi connectivity index (χ4v) is 2.25. The van der Waals surface area contributed by atoms with Crippen molar-refractivity contribution in [3.05, 3.63) is 0 Å². The minimum atomic E-state index is -0.521. The molecule has 1 fully saturated rings. The van der Waals surface area contributed by atoms with Gasteiger partial charge in [0.1, 0.15) is 12.1 Å². The molecule has 0 aromatic heterocycles. The van der Waals surface area contributed by atoms with E-state index in [0.717, 1.165) is 0 Å². The van der Waals surface area contributed by atoms with Crippen molar-refractivity contribution in [2.45, 2.75) is 52.6 Å². The van der Waals surface area contributed by atoms with Crippen molar-refractivity contribution in [2.75, 3.05) is 13.2 Å². The molecule has 0 bridgehead atoms. The zero-order chi connectivity index (χ0) is 13.9. The molecule has 0 aliphatic carbocycles. The van der Waals surface area contributed by atoms with Gasteiger partial charge in [0, 0.05) is 6.54 Å². The van der Waals surface area contributed by atoms with E-state index in [9.17, 15) is 14.0 Å². The molecular formula is C13H23FN2O2. The van der Waals surface area contributed by atoms with Crippen LogP contribution in [0.5, 0.6) is 0 Å². The standard InChI is InChI=1S/C13H23FN2O2/c1-5-9-11(17)15-10(13(2,3)4)12(18)16(9)8-6-7-14/h9-10H,5-8H2,1-4H3,(H,15,17). The van der Waals surface area contributed by atoms with Gasteiger partial charge in [-0.1, -0.05) is 27.7 Å². The van der Waals surface area contributed by atoms with Gasteiger partial charge < -0.3 is 10.2 Å². The van der Waals surface area contributed by atoms with Crippen LogP contribution in [0, 0.1) is 5.41 Å². The second-order valence-corrected chi connectivity index (χ2v) is 5.81. The van der Waals surface area contributed by atoms with Crippen molar-refractivity contribution in [3.63, 3.8) is 0 Å². The molecule has 1 aliphatic heterocycles. The normalized spacial score (nSPS) is 25.3. The first-order chi connectivity index (χ1) is 8.32. The Morgan fingerprint density at radius 3 is 2.39 bits per heavy atom. The van der Waals surface area contributed by atoms with E-state index < -0.39 is 18.8 Å². The molecule has 0 spiro atoms. The number of amides is 2. The Morgan fingerprint density at radius 2 is 1.94 bits per heavy atom. The van der Waals surface area contributed by atoms with Gasteiger partial charge in [-0.15, -0.1) is 0 Å². The van der Waals surface area contributed by atoms with Gasteiger partial charge in [-0.3, -0.25) is 14.0 Å². The lowest BCUT2D eigenvalue weighted by atomic mass is 9.83. The van der Waals surface area contributed by atoms with Crippen molar-refractivity contribution in [2.24, 2.45) is 5.41 Å². The van der Waals surface area contributed by atoms with Crippen LogP contribution in [0.25, 0.3) is 0 Å². The van der Waals surface area contributed by atoms with Crippen LogP contribution < -0.4 is 5.32 Å². The lowest BCUT2D eigenvalue weighted by Crippen LogP contribution is -2.66. The van der Waals surface area contributed by atoms with Crippen LogP contribution in [-0.4, -0.2) is 42.0 Å². The summed E-state index contributed by atoms with van der Waals surface area (Å²) < 4.78 is 12.3. The second kappa shape index (κ2) is 5.67. The predicted molar refractivity (Wildman–Crippen MR) is 67.8 cm³/mol. The number of nitrogens with one attached hydrogen (secondary N) is 1. The van der Waals surface area contributed by atoms with Gasteiger partial charge in [-0.25, -0.2) is 0 Å². The molecule has 4 nitrogen and oxygen atoms in total. The first-order valence-electron chi connectivity index (χ1n) is 6.49. The molecule has 0 saturated carbocycles. The highest BCUT2D eigenvalue weighted by Gasteiger charge is 2.44. The SMILES string of the molecule is CCC1C(=O)NC(C(C)(C)C)C(=O)N1CCCF. The molecule has 1 rings (SSSR count). The summed E-state index contributed by atoms with van der Waals surface area (Å²) in [5.41, 5.74) is -0.334. The Hall–Kier alpha value is -1.13. The Bertz CT molecular complexity index is 325. The smallest absolute Gasteiger partial charge is 0.246 e. The topological polar surface area (TPSA) is 49.4 Å². The van der Waals surface area contributed by atoms with E-state index in [2.05, 4.69) is 5.32 Å². The number of hydrogen-bond acceptors (Lipinski definition) is 2. The van der Waals surface area contributed by atoms with Gasteiger partial charge in [0.05, 0.1) is 6.67 Å². The molecule has 1 N–H and O–H groups in total. The third-order valence-corrected chi connectivity index (χ3v) is 3.28. The molecule has 1 saturated heterocycles. The first-order valence-corrected chi connectivity index (χ1v) is 6.49. The van der Waals surface area contributed by atoms with Gasteiger partial charge in [0.25, 0.3) is 0 Å². The van der Waals surface area contributed by atoms with Crippen LogP contribution in [-0.2, 0) is 9.59 Å². The van der Waals surface area contributed by atoms with Gasteiger partial charge in [-0.05, 0) is 18.3 Å². The Balaban J connectivity index is 2.93. The number of nitrogens with zero attached hydrogens (tertiary/aromatic N) is 1. The Kier molecular flexibility index (Phi) is 4.71. The van der Waals surface area contributed by atoms with E-state index in [0.29, 0.717) is 13.0 Å². The van der Waals surface area contributed by atoms with Crippen LogP contribution in [0.15, 0.2) is 0 Å². The number of alkyl halides is 1. The molecule has 1 heterocycles. The zero-order valence-electron chi connectivity index (χ0n) is 11.6. The van der Waals surface area contributed by atoms with Crippen molar-refractivity contribution >= 4 is 11.8 Å². The third-order valence-electron chi connectivity index (χ3n) is 3.28. The molecule has 0 aromatic carbocycles. The molecular weight excluding hydrogens is 235 g/mol. The monoisotopic (exact) mass is 258 g/mol. The van der Waals surface area contributed by atoms with Crippen LogP contribution in [0.4, 0.5) is 4.39 Å². The van der Waals surface area contributed by atoms with Crippen molar-refractivity contribution in [3.8, 4) is 0 Å². The average Bonchev–Trinajstić information content (AvgIpc) is 2.28. The molecule has 2 amide bonds. The van der Waals surface area contributed by atoms with Gasteiger partial charge in [-0.2, -0.15) is 0 Å². The van der Waals surface area contributed by atoms with E-state index >= 15 is 0 Å². The number of carbonyl (C=O) groups is 2. The quantitative estimate of drug-likeness (QED) is 0.830. The van der Waals surface area contributed by atoms with Crippen LogP contribution >= 0.6 is 0 Å². The van der Waals surface area contributed by atoms with E-state index in [1.54, 1.807) is 0 Å². The minimum absolute atomic E-state index is 0.0950. The molecule has 5 heteroatoms. The third kappa shape index (κ3) is 3.00. The average molecular weight is 258 g/mol. The number of hydrogen-bond donors (Lipinski definition) is 1. The molecule has 2 unspecified atom stereocenters. The molecule has 0 aromatic rings. The fraction of sp³-hybridized carbons (Fsp3) is 0.846. The highest BCUT2D eigenvalue weighted by molar-refractivity contribution is 5.97. The van der Waals surface area contributed by atoms with Crippen LogP contribution in [0.3, 0.4) is 0 Å². The van der Waals surface area contributed by atoms with E-state index in [1.165, 1.54) is 4.90 Å². The Labute approximate surface area is 108 Å². The maximum absolute atomic E-state index is 12.4. The molecule has 1 aliphatic rings. The zero-order valence-corrected chi connectivity index (χ0v) is 11.6. The van der Waals surface area contributed by atoms with Crippen molar-refractivity contribution in [1.82, 2.24) is 10.2 Å². The first kappa shape index (κ1) is 14.9. The summed E-state index contributed by atoms with van der Waals surface area (Å²) in [6, 6.07) is -0.977. The highest BCUT2D eigenvalue weighted by Crippen LogP contribution is 2.26. The van der Waals surface area contributed by atoms with Crippen molar-refractivity contribution in [1.29, 1.82) is 0 Å². The summed E-state index contributed by atoms with van der Waals surface area (Å²) in [5, 5.41) is 2.79. The highest BCUT2D eigenvalue weighted by atomic mass is 19.1. The summed E-state index contributed by atoms with van der Waals surface area (Å²) in [6.45, 7) is 7.44. The lowest BCUT2D eigenvalue weighted by molar-refractivity contribution is -0.152. The summed E-state index contributed by atoms with van der Waals surface area (Å²) in [4.78, 5) is 25.9. The summed E-state index contributed by atoms with van der Waals surface area (Å²) in [5.74, 6) is -0.224. The van der Waals surface area contributed by atoms with Gasteiger partial charge >= 0.3 is 0 Å². The minimum Gasteiger partial charge on any atom is -0.342 e. The van der Waals surface area contributed by atoms with E-state index in [4.69, 9.17) is 0 Å². The van der Waals surface area contributed by atoms with E-state index in [-0.39, 0.29) is 23.7 Å². The summed E-state index contributed by atoms with van der Waals surface area (Å²) >= 11 is 0. The maximum Gasteiger partial charge on any atom is 0.246 e. The van der Waals surface area contributed by atoms with E-state index in [1.807, 2.05) is 27.7 Å². The van der Waals surface area contributed by atoms with Gasteiger partial charge in [0.2, 0.25) is 11.8 Å². The number of piperazine rings is 1. The van der Waals surface area contributed by atoms with Crippen LogP contribution in [0.2, 0.25) is 0 Å². The predicted octanol–water partition coefficient (Wildman–Crippen LogP) is 1.50. The maximum atomic E-state index is 12.4. The number of halogens is 1. The number of carbonyl (C=O) groups excluding carboxylic acids is 2. The van der Waals surface area contributed by atoms with Crippen molar-refractivity contribution < 1.29 is 14.0 Å². The van der Waals surface area contributed by atoms with Crippen LogP contribution in [0.1, 0.15) is 40.5 Å². The van der Waals surface area contributed by atoms with Gasteiger partial charge in [0.15, 0.2) is 0 Å². The molecule has 2 atom stereocenters. The molecule has 18 heavy (non-hydrogen) atoms. The molecule has 0 radical (unpaired) electrons. The largest absolute Gasteiger partial charge is 0.342 e. The lowest BCUT2D eigenvalue weighted by Gasteiger charge is -2.43. The Morgan fingerprint density at radius 1 is 1.33 bits per heavy atom. The fourth-order valence-electron chi connectivity index (χ4n) is 2.25. The second-order valence-electron chi connectivity index (χ2n) is 5.81. The number of rotatable bonds is 4.